The van der Waals surface area contributed by atoms with Crippen LogP contribution in [0.5, 0.6) is 0 Å². The van der Waals surface area contributed by atoms with Crippen LogP contribution in [0.2, 0.25) is 0 Å². The highest BCUT2D eigenvalue weighted by Gasteiger charge is 2.84. The molecule has 29 heavy (non-hydrogen) atoms. The number of ketones is 1. The van der Waals surface area contributed by atoms with Crippen LogP contribution in [-0.2, 0) is 19.1 Å². The van der Waals surface area contributed by atoms with Crippen LogP contribution in [0.15, 0.2) is 11.6 Å². The summed E-state index contributed by atoms with van der Waals surface area (Å²) in [5.41, 5.74) is 0.177. The molecule has 5 nitrogen and oxygen atoms in total. The highest BCUT2D eigenvalue weighted by Crippen LogP contribution is 2.82. The molecule has 6 aliphatic rings. The van der Waals surface area contributed by atoms with E-state index in [1.165, 1.54) is 19.1 Å². The first-order valence-electron chi connectivity index (χ1n) is 11.4. The summed E-state index contributed by atoms with van der Waals surface area (Å²) in [5.74, 6) is 2.07. The molecule has 158 valence electrons. The number of ether oxygens (including phenoxy) is 2. The Morgan fingerprint density at radius 1 is 1.34 bits per heavy atom. The van der Waals surface area contributed by atoms with Crippen molar-refractivity contribution in [2.45, 2.75) is 82.5 Å². The van der Waals surface area contributed by atoms with Crippen molar-refractivity contribution in [1.29, 1.82) is 0 Å². The molecule has 5 heteroatoms. The molecule has 1 N–H and O–H groups in total. The van der Waals surface area contributed by atoms with E-state index < -0.39 is 5.60 Å². The molecule has 0 radical (unpaired) electrons. The Morgan fingerprint density at radius 3 is 2.90 bits per heavy atom. The summed E-state index contributed by atoms with van der Waals surface area (Å²) in [6.07, 6.45) is 8.22. The fourth-order valence-electron chi connectivity index (χ4n) is 8.75. The van der Waals surface area contributed by atoms with E-state index in [-0.39, 0.29) is 40.7 Å². The number of fused-ring (bicyclic) bond motifs is 6. The molecule has 0 aromatic heterocycles. The van der Waals surface area contributed by atoms with Crippen molar-refractivity contribution >= 4 is 11.8 Å². The number of esters is 1. The normalized spacial score (nSPS) is 56.2. The topological polar surface area (TPSA) is 76.1 Å². The third kappa shape index (κ3) is 2.00. The molecule has 5 aliphatic carbocycles. The maximum absolute atomic E-state index is 12.2. The molecule has 0 aromatic carbocycles. The summed E-state index contributed by atoms with van der Waals surface area (Å²) < 4.78 is 11.5. The van der Waals surface area contributed by atoms with E-state index in [2.05, 4.69) is 13.8 Å². The predicted molar refractivity (Wildman–Crippen MR) is 105 cm³/mol. The van der Waals surface area contributed by atoms with Gasteiger partial charge in [-0.2, -0.15) is 0 Å². The maximum Gasteiger partial charge on any atom is 0.305 e. The molecule has 1 saturated heterocycles. The number of methoxy groups -OCH3 is 1. The average molecular weight is 401 g/mol. The molecule has 0 aromatic rings. The lowest BCUT2D eigenvalue weighted by Gasteiger charge is -2.56. The molecular weight excluding hydrogens is 368 g/mol. The number of rotatable bonds is 3. The van der Waals surface area contributed by atoms with Crippen LogP contribution in [0.1, 0.15) is 65.2 Å². The monoisotopic (exact) mass is 400 g/mol. The zero-order valence-electron chi connectivity index (χ0n) is 17.7. The number of carbonyl (C=O) groups excluding carboxylic acids is 2. The van der Waals surface area contributed by atoms with Gasteiger partial charge in [0.2, 0.25) is 0 Å². The molecule has 1 heterocycles. The minimum atomic E-state index is -0.825. The van der Waals surface area contributed by atoms with Gasteiger partial charge in [0.25, 0.3) is 0 Å². The SMILES string of the molecule is COC(=O)CC[C@]1(O)CCC2[C@@H]3C4CC4C4=CC(=O)CC[C@]4(C)[C@]34O[C@@H]4CC21C. The third-order valence-corrected chi connectivity index (χ3v) is 10.4. The van der Waals surface area contributed by atoms with Gasteiger partial charge < -0.3 is 14.6 Å². The van der Waals surface area contributed by atoms with Crippen LogP contribution in [0, 0.1) is 34.5 Å². The van der Waals surface area contributed by atoms with Gasteiger partial charge >= 0.3 is 5.97 Å². The van der Waals surface area contributed by atoms with E-state index in [4.69, 9.17) is 9.47 Å². The van der Waals surface area contributed by atoms with E-state index in [1.54, 1.807) is 0 Å². The first kappa shape index (κ1) is 18.6. The van der Waals surface area contributed by atoms with Gasteiger partial charge in [0.15, 0.2) is 5.78 Å². The highest BCUT2D eigenvalue weighted by atomic mass is 16.6. The molecule has 6 rings (SSSR count). The van der Waals surface area contributed by atoms with Crippen LogP contribution in [-0.4, -0.2) is 41.3 Å². The lowest BCUT2D eigenvalue weighted by atomic mass is 9.46. The number of aliphatic hydroxyl groups is 1. The van der Waals surface area contributed by atoms with Gasteiger partial charge in [0, 0.05) is 23.7 Å². The molecule has 4 saturated carbocycles. The number of hydrogen-bond acceptors (Lipinski definition) is 5. The van der Waals surface area contributed by atoms with Crippen LogP contribution in [0.4, 0.5) is 0 Å². The molecule has 0 bridgehead atoms. The van der Waals surface area contributed by atoms with Crippen LogP contribution < -0.4 is 0 Å². The number of hydrogen-bond donors (Lipinski definition) is 1. The van der Waals surface area contributed by atoms with Crippen molar-refractivity contribution < 1.29 is 24.2 Å². The Bertz CT molecular complexity index is 848. The molecule has 1 aliphatic heterocycles. The van der Waals surface area contributed by atoms with Crippen LogP contribution >= 0.6 is 0 Å². The van der Waals surface area contributed by atoms with E-state index >= 15 is 0 Å². The standard InChI is InChI=1S/C24H32O5/c1-21-7-4-13(25)10-17(21)14-11-15(14)20-16-5-8-23(27,9-6-19(26)28-3)22(16,2)12-18-24(20,21)29-18/h10,14-16,18,20,27H,4-9,11-12H2,1-3H3/t14?,15?,16?,18-,20+,21+,22?,23-,24-/m1/s1. The van der Waals surface area contributed by atoms with Crippen molar-refractivity contribution in [1.82, 2.24) is 0 Å². The fourth-order valence-corrected chi connectivity index (χ4v) is 8.75. The van der Waals surface area contributed by atoms with Gasteiger partial charge in [-0.25, -0.2) is 0 Å². The van der Waals surface area contributed by atoms with Gasteiger partial charge in [0.1, 0.15) is 5.60 Å². The van der Waals surface area contributed by atoms with Crippen LogP contribution in [0.25, 0.3) is 0 Å². The van der Waals surface area contributed by atoms with Gasteiger partial charge in [-0.05, 0) is 68.3 Å². The second-order valence-electron chi connectivity index (χ2n) is 11.2. The predicted octanol–water partition coefficient (Wildman–Crippen LogP) is 3.19. The molecule has 4 unspecified atom stereocenters. The average Bonchev–Trinajstić information content (AvgIpc) is 3.58. The summed E-state index contributed by atoms with van der Waals surface area (Å²) in [6.45, 7) is 4.61. The highest BCUT2D eigenvalue weighted by molar-refractivity contribution is 5.92. The van der Waals surface area contributed by atoms with Crippen LogP contribution in [0.3, 0.4) is 0 Å². The second kappa shape index (κ2) is 5.34. The summed E-state index contributed by atoms with van der Waals surface area (Å²) in [6, 6.07) is 0. The quantitative estimate of drug-likeness (QED) is 0.582. The molecular formula is C24H32O5. The van der Waals surface area contributed by atoms with Gasteiger partial charge in [-0.3, -0.25) is 9.59 Å². The summed E-state index contributed by atoms with van der Waals surface area (Å²) in [4.78, 5) is 24.0. The Kier molecular flexibility index (Phi) is 3.42. The van der Waals surface area contributed by atoms with Gasteiger partial charge in [-0.1, -0.05) is 19.4 Å². The summed E-state index contributed by atoms with van der Waals surface area (Å²) >= 11 is 0. The molecule has 5 fully saturated rings. The first-order valence-corrected chi connectivity index (χ1v) is 11.4. The Hall–Kier alpha value is -1.20. The van der Waals surface area contributed by atoms with Crippen molar-refractivity contribution in [3.63, 3.8) is 0 Å². The zero-order chi connectivity index (χ0) is 20.4. The Morgan fingerprint density at radius 2 is 2.14 bits per heavy atom. The van der Waals surface area contributed by atoms with E-state index in [0.29, 0.717) is 36.5 Å². The lowest BCUT2D eigenvalue weighted by molar-refractivity contribution is -0.147. The molecule has 9 atom stereocenters. The van der Waals surface area contributed by atoms with Gasteiger partial charge in [0.05, 0.1) is 18.8 Å². The Balaban J connectivity index is 1.37. The fraction of sp³-hybridized carbons (Fsp3) is 0.833. The molecule has 0 amide bonds. The zero-order valence-corrected chi connectivity index (χ0v) is 17.7. The van der Waals surface area contributed by atoms with Crippen molar-refractivity contribution in [2.24, 2.45) is 34.5 Å². The Labute approximate surface area is 172 Å². The summed E-state index contributed by atoms with van der Waals surface area (Å²) in [7, 11) is 1.41. The smallest absolute Gasteiger partial charge is 0.305 e. The van der Waals surface area contributed by atoms with Crippen molar-refractivity contribution in [2.75, 3.05) is 7.11 Å². The van der Waals surface area contributed by atoms with Crippen molar-refractivity contribution in [3.05, 3.63) is 11.6 Å². The second-order valence-corrected chi connectivity index (χ2v) is 11.2. The summed E-state index contributed by atoms with van der Waals surface area (Å²) in [5, 5.41) is 11.7. The minimum absolute atomic E-state index is 0.0258. The first-order chi connectivity index (χ1) is 13.7. The van der Waals surface area contributed by atoms with E-state index in [9.17, 15) is 14.7 Å². The van der Waals surface area contributed by atoms with E-state index in [1.807, 2.05) is 6.08 Å². The van der Waals surface area contributed by atoms with Crippen molar-refractivity contribution in [3.8, 4) is 0 Å². The maximum atomic E-state index is 12.2. The number of carbonyl (C=O) groups is 2. The van der Waals surface area contributed by atoms with E-state index in [0.717, 1.165) is 25.7 Å². The lowest BCUT2D eigenvalue weighted by Crippen LogP contribution is -2.60. The minimum Gasteiger partial charge on any atom is -0.469 e. The molecule has 1 spiro atoms. The van der Waals surface area contributed by atoms with Gasteiger partial charge in [-0.15, -0.1) is 0 Å². The largest absolute Gasteiger partial charge is 0.469 e. The number of epoxide rings is 1. The third-order valence-electron chi connectivity index (χ3n) is 10.4.